The summed E-state index contributed by atoms with van der Waals surface area (Å²) >= 11 is 0. The molecule has 0 atom stereocenters. The number of nitrogens with one attached hydrogen (secondary N) is 1. The number of para-hydroxylation sites is 2. The van der Waals surface area contributed by atoms with Crippen LogP contribution in [-0.2, 0) is 4.79 Å². The molecule has 1 N–H and O–H groups in total. The van der Waals surface area contributed by atoms with Crippen molar-refractivity contribution >= 4 is 17.4 Å². The molecule has 3 aromatic carbocycles. The molecule has 0 bridgehead atoms. The van der Waals surface area contributed by atoms with E-state index in [2.05, 4.69) is 20.4 Å². The van der Waals surface area contributed by atoms with Gasteiger partial charge in [-0.2, -0.15) is 0 Å². The van der Waals surface area contributed by atoms with Crippen LogP contribution in [-0.4, -0.2) is 29.2 Å². The summed E-state index contributed by atoms with van der Waals surface area (Å²) in [5.41, 5.74) is 4.23. The van der Waals surface area contributed by atoms with Gasteiger partial charge in [-0.1, -0.05) is 48.5 Å². The van der Waals surface area contributed by atoms with Gasteiger partial charge in [0.1, 0.15) is 11.5 Å². The zero-order chi connectivity index (χ0) is 22.9. The van der Waals surface area contributed by atoms with Gasteiger partial charge in [0, 0.05) is 35.5 Å². The molecule has 0 radical (unpaired) electrons. The highest BCUT2D eigenvalue weighted by molar-refractivity contribution is 5.99. The second kappa shape index (κ2) is 8.63. The van der Waals surface area contributed by atoms with Gasteiger partial charge in [-0.15, -0.1) is 10.2 Å². The average molecular weight is 449 g/mol. The molecule has 34 heavy (non-hydrogen) atoms. The van der Waals surface area contributed by atoms with Gasteiger partial charge in [0.15, 0.2) is 5.82 Å². The van der Waals surface area contributed by atoms with Crippen molar-refractivity contribution in [3.05, 3.63) is 96.1 Å². The lowest BCUT2D eigenvalue weighted by Gasteiger charge is -2.27. The minimum atomic E-state index is -0.440. The summed E-state index contributed by atoms with van der Waals surface area (Å²) < 4.78 is 6.02. The Hall–Kier alpha value is -4.19. The predicted molar refractivity (Wildman–Crippen MR) is 132 cm³/mol. The number of benzene rings is 3. The summed E-state index contributed by atoms with van der Waals surface area (Å²) in [4.78, 5) is 15.7. The highest BCUT2D eigenvalue weighted by Gasteiger charge is 2.32. The van der Waals surface area contributed by atoms with E-state index in [0.717, 1.165) is 47.0 Å². The smallest absolute Gasteiger partial charge is 0.236 e. The van der Waals surface area contributed by atoms with Gasteiger partial charge in [0.2, 0.25) is 5.91 Å². The van der Waals surface area contributed by atoms with Crippen LogP contribution >= 0.6 is 0 Å². The minimum absolute atomic E-state index is 0.0919. The standard InChI is InChI=1S/C28H24N4O2/c33-28(27-21-7-1-3-9-24(21)34-25-10-4-2-8-22(25)27)29-20-13-11-19(12-14-20)23-15-16-26(31-30-23)32-17-5-6-18-32/h1-4,7-16,27H,5-6,17-18H2,(H,29,33). The molecule has 0 saturated carbocycles. The van der Waals surface area contributed by atoms with Crippen molar-refractivity contribution in [2.75, 3.05) is 23.3 Å². The van der Waals surface area contributed by atoms with E-state index in [0.29, 0.717) is 11.5 Å². The molecule has 6 heteroatoms. The first kappa shape index (κ1) is 20.4. The number of anilines is 2. The summed E-state index contributed by atoms with van der Waals surface area (Å²) in [5, 5.41) is 11.9. The molecule has 168 valence electrons. The number of rotatable bonds is 4. The fraction of sp³-hybridized carbons (Fsp3) is 0.179. The fourth-order valence-corrected chi connectivity index (χ4v) is 4.73. The van der Waals surface area contributed by atoms with Crippen LogP contribution in [0.4, 0.5) is 11.5 Å². The van der Waals surface area contributed by atoms with Crippen LogP contribution in [0, 0.1) is 0 Å². The molecule has 2 aliphatic heterocycles. The molecule has 0 spiro atoms. The van der Waals surface area contributed by atoms with Gasteiger partial charge in [0.05, 0.1) is 11.6 Å². The van der Waals surface area contributed by atoms with Crippen LogP contribution in [0.3, 0.4) is 0 Å². The Morgan fingerprint density at radius 3 is 2.06 bits per heavy atom. The lowest BCUT2D eigenvalue weighted by Crippen LogP contribution is -2.25. The molecule has 4 aromatic rings. The zero-order valence-corrected chi connectivity index (χ0v) is 18.6. The number of fused-ring (bicyclic) bond motifs is 2. The number of amides is 1. The third kappa shape index (κ3) is 3.77. The lowest BCUT2D eigenvalue weighted by atomic mass is 9.87. The predicted octanol–water partition coefficient (Wildman–Crippen LogP) is 5.62. The van der Waals surface area contributed by atoms with Crippen molar-refractivity contribution in [3.63, 3.8) is 0 Å². The molecule has 0 aliphatic carbocycles. The van der Waals surface area contributed by atoms with Crippen LogP contribution in [0.25, 0.3) is 11.3 Å². The second-order valence-corrected chi connectivity index (χ2v) is 8.65. The van der Waals surface area contributed by atoms with Gasteiger partial charge in [0.25, 0.3) is 0 Å². The van der Waals surface area contributed by atoms with Crippen LogP contribution in [0.15, 0.2) is 84.9 Å². The normalized spacial score (nSPS) is 14.8. The maximum Gasteiger partial charge on any atom is 0.236 e. The molecular weight excluding hydrogens is 424 g/mol. The van der Waals surface area contributed by atoms with E-state index in [1.54, 1.807) is 0 Å². The van der Waals surface area contributed by atoms with Gasteiger partial charge in [-0.05, 0) is 49.2 Å². The number of carbonyl (C=O) groups excluding carboxylic acids is 1. The van der Waals surface area contributed by atoms with E-state index in [1.807, 2.05) is 84.9 Å². The highest BCUT2D eigenvalue weighted by Crippen LogP contribution is 2.44. The Balaban J connectivity index is 1.21. The number of aromatic nitrogens is 2. The van der Waals surface area contributed by atoms with E-state index in [4.69, 9.17) is 4.74 Å². The monoisotopic (exact) mass is 448 g/mol. The van der Waals surface area contributed by atoms with E-state index in [9.17, 15) is 4.79 Å². The SMILES string of the molecule is O=C(Nc1ccc(-c2ccc(N3CCCC3)nn2)cc1)C1c2ccccc2Oc2ccccc21. The van der Waals surface area contributed by atoms with Gasteiger partial charge < -0.3 is 15.0 Å². The molecule has 1 amide bonds. The third-order valence-corrected chi connectivity index (χ3v) is 6.47. The van der Waals surface area contributed by atoms with E-state index >= 15 is 0 Å². The molecule has 2 aliphatic rings. The van der Waals surface area contributed by atoms with Crippen molar-refractivity contribution in [2.45, 2.75) is 18.8 Å². The molecule has 3 heterocycles. The molecule has 6 nitrogen and oxygen atoms in total. The van der Waals surface area contributed by atoms with Gasteiger partial charge in [-0.3, -0.25) is 4.79 Å². The number of hydrogen-bond acceptors (Lipinski definition) is 5. The van der Waals surface area contributed by atoms with E-state index in [1.165, 1.54) is 12.8 Å². The molecular formula is C28H24N4O2. The maximum atomic E-state index is 13.4. The van der Waals surface area contributed by atoms with Crippen molar-refractivity contribution in [1.29, 1.82) is 0 Å². The number of carbonyl (C=O) groups is 1. The first-order chi connectivity index (χ1) is 16.8. The highest BCUT2D eigenvalue weighted by atomic mass is 16.5. The quantitative estimate of drug-likeness (QED) is 0.439. The van der Waals surface area contributed by atoms with E-state index < -0.39 is 5.92 Å². The summed E-state index contributed by atoms with van der Waals surface area (Å²) in [7, 11) is 0. The summed E-state index contributed by atoms with van der Waals surface area (Å²) in [6.45, 7) is 2.09. The van der Waals surface area contributed by atoms with Crippen LogP contribution in [0.2, 0.25) is 0 Å². The average Bonchev–Trinajstić information content (AvgIpc) is 3.43. The summed E-state index contributed by atoms with van der Waals surface area (Å²) in [6.07, 6.45) is 2.42. The number of ether oxygens (including phenoxy) is 1. The Morgan fingerprint density at radius 2 is 1.44 bits per heavy atom. The maximum absolute atomic E-state index is 13.4. The van der Waals surface area contributed by atoms with E-state index in [-0.39, 0.29) is 5.91 Å². The van der Waals surface area contributed by atoms with Crippen LogP contribution in [0.1, 0.15) is 29.9 Å². The fourth-order valence-electron chi connectivity index (χ4n) is 4.73. The topological polar surface area (TPSA) is 67.4 Å². The van der Waals surface area contributed by atoms with Crippen LogP contribution < -0.4 is 15.0 Å². The molecule has 6 rings (SSSR count). The first-order valence-electron chi connectivity index (χ1n) is 11.6. The number of nitrogens with zero attached hydrogens (tertiary/aromatic N) is 3. The molecule has 0 unspecified atom stereocenters. The molecule has 1 fully saturated rings. The Bertz CT molecular complexity index is 1280. The second-order valence-electron chi connectivity index (χ2n) is 8.65. The van der Waals surface area contributed by atoms with Gasteiger partial charge in [-0.25, -0.2) is 0 Å². The van der Waals surface area contributed by atoms with Crippen LogP contribution in [0.5, 0.6) is 11.5 Å². The van der Waals surface area contributed by atoms with Crippen molar-refractivity contribution in [2.24, 2.45) is 0 Å². The largest absolute Gasteiger partial charge is 0.457 e. The van der Waals surface area contributed by atoms with Crippen molar-refractivity contribution < 1.29 is 9.53 Å². The Morgan fingerprint density at radius 1 is 0.794 bits per heavy atom. The van der Waals surface area contributed by atoms with Crippen molar-refractivity contribution in [1.82, 2.24) is 10.2 Å². The summed E-state index contributed by atoms with van der Waals surface area (Å²) in [5.74, 6) is 1.83. The third-order valence-electron chi connectivity index (χ3n) is 6.47. The first-order valence-corrected chi connectivity index (χ1v) is 11.6. The minimum Gasteiger partial charge on any atom is -0.457 e. The summed E-state index contributed by atoms with van der Waals surface area (Å²) in [6, 6.07) is 27.2. The molecule has 1 aromatic heterocycles. The number of hydrogen-bond donors (Lipinski definition) is 1. The van der Waals surface area contributed by atoms with Crippen molar-refractivity contribution in [3.8, 4) is 22.8 Å². The van der Waals surface area contributed by atoms with Gasteiger partial charge >= 0.3 is 0 Å². The zero-order valence-electron chi connectivity index (χ0n) is 18.6. The Kier molecular flexibility index (Phi) is 5.18. The lowest BCUT2D eigenvalue weighted by molar-refractivity contribution is -0.116. The molecule has 1 saturated heterocycles. The Labute approximate surface area is 198 Å².